The van der Waals surface area contributed by atoms with Crippen LogP contribution in [-0.2, 0) is 4.79 Å². The van der Waals surface area contributed by atoms with Gasteiger partial charge < -0.3 is 15.4 Å². The van der Waals surface area contributed by atoms with E-state index in [4.69, 9.17) is 4.74 Å². The van der Waals surface area contributed by atoms with Crippen LogP contribution in [0.5, 0.6) is 5.75 Å². The number of ether oxygens (including phenoxy) is 1. The molecule has 0 spiro atoms. The molecule has 0 radical (unpaired) electrons. The minimum Gasteiger partial charge on any atom is -0.497 e. The number of para-hydroxylation sites is 1. The molecular weight excluding hydrogens is 331 g/mol. The summed E-state index contributed by atoms with van der Waals surface area (Å²) >= 11 is 0. The van der Waals surface area contributed by atoms with Crippen LogP contribution in [0.3, 0.4) is 0 Å². The van der Waals surface area contributed by atoms with E-state index >= 15 is 0 Å². The van der Waals surface area contributed by atoms with Gasteiger partial charge in [-0.15, -0.1) is 0 Å². The minimum atomic E-state index is -0.884. The molecule has 0 bridgehead atoms. The first-order valence-electron chi connectivity index (χ1n) is 8.18. The molecule has 3 aromatic rings. The molecule has 0 aliphatic heterocycles. The number of rotatable bonds is 6. The first kappa shape index (κ1) is 17.5. The van der Waals surface area contributed by atoms with Crippen LogP contribution in [0, 0.1) is 5.82 Å². The number of anilines is 2. The molecule has 1 unspecified atom stereocenters. The van der Waals surface area contributed by atoms with Crippen LogP contribution in [-0.4, -0.2) is 13.0 Å². The van der Waals surface area contributed by atoms with Crippen LogP contribution in [0.4, 0.5) is 15.8 Å². The van der Waals surface area contributed by atoms with E-state index in [0.717, 1.165) is 5.69 Å². The lowest BCUT2D eigenvalue weighted by molar-refractivity contribution is -0.117. The van der Waals surface area contributed by atoms with Crippen LogP contribution >= 0.6 is 0 Å². The summed E-state index contributed by atoms with van der Waals surface area (Å²) in [5.41, 5.74) is 1.57. The van der Waals surface area contributed by atoms with Gasteiger partial charge in [0.2, 0.25) is 0 Å². The molecule has 26 heavy (non-hydrogen) atoms. The smallest absolute Gasteiger partial charge is 0.251 e. The molecule has 5 heteroatoms. The summed E-state index contributed by atoms with van der Waals surface area (Å²) in [6, 6.07) is 21.6. The van der Waals surface area contributed by atoms with Gasteiger partial charge in [-0.05, 0) is 30.3 Å². The van der Waals surface area contributed by atoms with Gasteiger partial charge in [0.15, 0.2) is 0 Å². The number of methoxy groups -OCH3 is 1. The summed E-state index contributed by atoms with van der Waals surface area (Å²) in [5.74, 6) is -0.185. The quantitative estimate of drug-likeness (QED) is 0.682. The molecular formula is C21H19FN2O2. The second kappa shape index (κ2) is 8.16. The molecule has 0 saturated heterocycles. The Balaban J connectivity index is 1.89. The summed E-state index contributed by atoms with van der Waals surface area (Å²) in [4.78, 5) is 12.9. The van der Waals surface area contributed by atoms with E-state index in [1.54, 1.807) is 49.6 Å². The number of nitrogens with one attached hydrogen (secondary N) is 2. The molecule has 3 rings (SSSR count). The highest BCUT2D eigenvalue weighted by molar-refractivity contribution is 5.97. The van der Waals surface area contributed by atoms with Crippen molar-refractivity contribution in [1.29, 1.82) is 0 Å². The first-order chi connectivity index (χ1) is 12.7. The van der Waals surface area contributed by atoms with Crippen molar-refractivity contribution < 1.29 is 13.9 Å². The predicted molar refractivity (Wildman–Crippen MR) is 101 cm³/mol. The van der Waals surface area contributed by atoms with Crippen molar-refractivity contribution in [2.45, 2.75) is 6.04 Å². The number of carbonyl (C=O) groups excluding carboxylic acids is 1. The lowest BCUT2D eigenvalue weighted by Crippen LogP contribution is -2.28. The number of hydrogen-bond donors (Lipinski definition) is 2. The summed E-state index contributed by atoms with van der Waals surface area (Å²) in [7, 11) is 1.56. The topological polar surface area (TPSA) is 50.4 Å². The van der Waals surface area contributed by atoms with Crippen LogP contribution in [0.25, 0.3) is 0 Å². The Morgan fingerprint density at radius 1 is 0.923 bits per heavy atom. The highest BCUT2D eigenvalue weighted by atomic mass is 19.1. The van der Waals surface area contributed by atoms with Crippen molar-refractivity contribution >= 4 is 17.3 Å². The first-order valence-corrected chi connectivity index (χ1v) is 8.18. The van der Waals surface area contributed by atoms with Gasteiger partial charge in [0, 0.05) is 23.0 Å². The van der Waals surface area contributed by atoms with E-state index in [0.29, 0.717) is 11.4 Å². The number of benzene rings is 3. The summed E-state index contributed by atoms with van der Waals surface area (Å²) in [5, 5.41) is 5.92. The standard InChI is InChI=1S/C21H19FN2O2/c1-26-17-11-7-10-16(14-17)24-21(25)20(18-12-5-6-13-19(18)22)23-15-8-3-2-4-9-15/h2-14,20,23H,1H3,(H,24,25). The lowest BCUT2D eigenvalue weighted by atomic mass is 10.0. The van der Waals surface area contributed by atoms with Crippen LogP contribution in [0.1, 0.15) is 11.6 Å². The van der Waals surface area contributed by atoms with Gasteiger partial charge in [0.25, 0.3) is 5.91 Å². The van der Waals surface area contributed by atoms with Crippen molar-refractivity contribution in [3.63, 3.8) is 0 Å². The number of halogens is 1. The van der Waals surface area contributed by atoms with E-state index in [-0.39, 0.29) is 11.5 Å². The molecule has 4 nitrogen and oxygen atoms in total. The van der Waals surface area contributed by atoms with Gasteiger partial charge in [-0.3, -0.25) is 4.79 Å². The number of hydrogen-bond acceptors (Lipinski definition) is 3. The fourth-order valence-electron chi connectivity index (χ4n) is 2.61. The third kappa shape index (κ3) is 4.19. The Labute approximate surface area is 151 Å². The highest BCUT2D eigenvalue weighted by Crippen LogP contribution is 2.25. The van der Waals surface area contributed by atoms with E-state index in [9.17, 15) is 9.18 Å². The van der Waals surface area contributed by atoms with Gasteiger partial charge in [-0.2, -0.15) is 0 Å². The van der Waals surface area contributed by atoms with E-state index in [1.807, 2.05) is 30.3 Å². The van der Waals surface area contributed by atoms with Gasteiger partial charge >= 0.3 is 0 Å². The third-order valence-corrected chi connectivity index (χ3v) is 3.90. The van der Waals surface area contributed by atoms with Crippen molar-refractivity contribution in [2.75, 3.05) is 17.7 Å². The molecule has 1 atom stereocenters. The van der Waals surface area contributed by atoms with Crippen LogP contribution in [0.2, 0.25) is 0 Å². The van der Waals surface area contributed by atoms with Crippen LogP contribution < -0.4 is 15.4 Å². The SMILES string of the molecule is COc1cccc(NC(=O)C(Nc2ccccc2)c2ccccc2F)c1. The average molecular weight is 350 g/mol. The zero-order chi connectivity index (χ0) is 18.4. The normalized spacial score (nSPS) is 11.5. The fraction of sp³-hybridized carbons (Fsp3) is 0.0952. The second-order valence-electron chi connectivity index (χ2n) is 5.69. The van der Waals surface area contributed by atoms with Gasteiger partial charge in [-0.1, -0.05) is 42.5 Å². The Morgan fingerprint density at radius 2 is 1.62 bits per heavy atom. The average Bonchev–Trinajstić information content (AvgIpc) is 2.67. The van der Waals surface area contributed by atoms with Crippen molar-refractivity contribution in [1.82, 2.24) is 0 Å². The van der Waals surface area contributed by atoms with Crippen molar-refractivity contribution in [3.05, 3.63) is 90.2 Å². The van der Waals surface area contributed by atoms with E-state index in [2.05, 4.69) is 10.6 Å². The monoisotopic (exact) mass is 350 g/mol. The van der Waals surface area contributed by atoms with Crippen LogP contribution in [0.15, 0.2) is 78.9 Å². The Hall–Kier alpha value is -3.34. The second-order valence-corrected chi connectivity index (χ2v) is 5.69. The predicted octanol–water partition coefficient (Wildman–Crippen LogP) is 4.63. The molecule has 0 saturated carbocycles. The number of carbonyl (C=O) groups is 1. The molecule has 2 N–H and O–H groups in total. The molecule has 0 heterocycles. The molecule has 1 amide bonds. The van der Waals surface area contributed by atoms with Gasteiger partial charge in [0.05, 0.1) is 7.11 Å². The lowest BCUT2D eigenvalue weighted by Gasteiger charge is -2.20. The Bertz CT molecular complexity index is 884. The summed E-state index contributed by atoms with van der Waals surface area (Å²) < 4.78 is 19.5. The Kier molecular flexibility index (Phi) is 5.49. The third-order valence-electron chi connectivity index (χ3n) is 3.90. The zero-order valence-electron chi connectivity index (χ0n) is 14.3. The molecule has 3 aromatic carbocycles. The van der Waals surface area contributed by atoms with Crippen molar-refractivity contribution in [2.24, 2.45) is 0 Å². The largest absolute Gasteiger partial charge is 0.497 e. The van der Waals surface area contributed by atoms with Gasteiger partial charge in [0.1, 0.15) is 17.6 Å². The highest BCUT2D eigenvalue weighted by Gasteiger charge is 2.23. The molecule has 0 aliphatic rings. The number of amides is 1. The molecule has 0 aromatic heterocycles. The van der Waals surface area contributed by atoms with E-state index in [1.165, 1.54) is 6.07 Å². The van der Waals surface area contributed by atoms with E-state index < -0.39 is 11.9 Å². The van der Waals surface area contributed by atoms with Crippen molar-refractivity contribution in [3.8, 4) is 5.75 Å². The fourth-order valence-corrected chi connectivity index (χ4v) is 2.61. The zero-order valence-corrected chi connectivity index (χ0v) is 14.3. The van der Waals surface area contributed by atoms with Gasteiger partial charge in [-0.25, -0.2) is 4.39 Å². The Morgan fingerprint density at radius 3 is 2.35 bits per heavy atom. The minimum absolute atomic E-state index is 0.275. The maximum Gasteiger partial charge on any atom is 0.251 e. The molecule has 132 valence electrons. The maximum atomic E-state index is 14.3. The molecule has 0 fully saturated rings. The maximum absolute atomic E-state index is 14.3. The summed E-state index contributed by atoms with van der Waals surface area (Å²) in [6.07, 6.45) is 0. The molecule has 0 aliphatic carbocycles. The summed E-state index contributed by atoms with van der Waals surface area (Å²) in [6.45, 7) is 0.